The number of hydrogen-bond donors (Lipinski definition) is 1. The Morgan fingerprint density at radius 3 is 2.25 bits per heavy atom. The van der Waals surface area contributed by atoms with E-state index in [9.17, 15) is 13.6 Å². The summed E-state index contributed by atoms with van der Waals surface area (Å²) >= 11 is 0. The Hall–Kier alpha value is -1.65. The Morgan fingerprint density at radius 2 is 1.75 bits per heavy atom. The van der Waals surface area contributed by atoms with Crippen molar-refractivity contribution in [2.45, 2.75) is 71.4 Å². The van der Waals surface area contributed by atoms with Crippen molar-refractivity contribution in [1.29, 1.82) is 0 Å². The molecule has 1 aromatic rings. The normalized spacial score (nSPS) is 13.7. The van der Waals surface area contributed by atoms with Gasteiger partial charge in [-0.25, -0.2) is 13.6 Å². The average molecular weight is 341 g/mol. The third kappa shape index (κ3) is 7.75. The molecular weight excluding hydrogens is 312 g/mol. The van der Waals surface area contributed by atoms with Gasteiger partial charge in [-0.05, 0) is 45.1 Å². The van der Waals surface area contributed by atoms with Crippen molar-refractivity contribution in [2.24, 2.45) is 5.92 Å². The first-order chi connectivity index (χ1) is 11.0. The van der Waals surface area contributed by atoms with Crippen LogP contribution < -0.4 is 5.32 Å². The van der Waals surface area contributed by atoms with Crippen LogP contribution in [-0.4, -0.2) is 23.7 Å². The average Bonchev–Trinajstić information content (AvgIpc) is 2.43. The molecule has 0 unspecified atom stereocenters. The lowest BCUT2D eigenvalue weighted by Gasteiger charge is -2.30. The second-order valence-electron chi connectivity index (χ2n) is 7.57. The molecule has 0 aliphatic heterocycles. The third-order valence-electron chi connectivity index (χ3n) is 3.50. The van der Waals surface area contributed by atoms with Gasteiger partial charge in [0, 0.05) is 6.42 Å². The van der Waals surface area contributed by atoms with Gasteiger partial charge in [0.25, 0.3) is 5.92 Å². The summed E-state index contributed by atoms with van der Waals surface area (Å²) in [6.45, 7) is 8.83. The Kier molecular flexibility index (Phi) is 7.18. The molecule has 5 heteroatoms. The van der Waals surface area contributed by atoms with E-state index >= 15 is 0 Å². The van der Waals surface area contributed by atoms with E-state index in [1.54, 1.807) is 20.8 Å². The summed E-state index contributed by atoms with van der Waals surface area (Å²) < 4.78 is 34.4. The van der Waals surface area contributed by atoms with Gasteiger partial charge >= 0.3 is 6.09 Å². The Bertz CT molecular complexity index is 510. The molecule has 1 rings (SSSR count). The van der Waals surface area contributed by atoms with Crippen LogP contribution >= 0.6 is 0 Å². The van der Waals surface area contributed by atoms with Crippen molar-refractivity contribution < 1.29 is 18.3 Å². The molecule has 0 bridgehead atoms. The summed E-state index contributed by atoms with van der Waals surface area (Å²) in [5.74, 6) is -2.97. The lowest BCUT2D eigenvalue weighted by atomic mass is 9.94. The van der Waals surface area contributed by atoms with Crippen LogP contribution in [0.3, 0.4) is 0 Å². The van der Waals surface area contributed by atoms with Gasteiger partial charge in [-0.3, -0.25) is 0 Å². The fourth-order valence-electron chi connectivity index (χ4n) is 2.39. The lowest BCUT2D eigenvalue weighted by molar-refractivity contribution is -0.0527. The van der Waals surface area contributed by atoms with E-state index in [4.69, 9.17) is 4.74 Å². The third-order valence-corrected chi connectivity index (χ3v) is 3.50. The Labute approximate surface area is 143 Å². The van der Waals surface area contributed by atoms with Gasteiger partial charge in [0.05, 0.1) is 6.04 Å². The molecular formula is C19H29F2NO2. The summed E-state index contributed by atoms with van der Waals surface area (Å²) in [5.41, 5.74) is 0.143. The first kappa shape index (κ1) is 20.4. The van der Waals surface area contributed by atoms with Crippen molar-refractivity contribution in [1.82, 2.24) is 5.32 Å². The predicted octanol–water partition coefficient (Wildman–Crippen LogP) is 5.19. The van der Waals surface area contributed by atoms with Gasteiger partial charge in [0.15, 0.2) is 0 Å². The van der Waals surface area contributed by atoms with Gasteiger partial charge in [-0.1, -0.05) is 44.2 Å². The van der Waals surface area contributed by atoms with Crippen LogP contribution in [-0.2, 0) is 11.2 Å². The number of benzene rings is 1. The topological polar surface area (TPSA) is 38.3 Å². The molecule has 0 heterocycles. The number of carbonyl (C=O) groups is 1. The SMILES string of the molecule is CC(C)C[C@H](NC(=O)OC(C)(C)C)C(F)(F)CCc1ccccc1. The van der Waals surface area contributed by atoms with Crippen molar-refractivity contribution in [3.8, 4) is 0 Å². The smallest absolute Gasteiger partial charge is 0.408 e. The highest BCUT2D eigenvalue weighted by Crippen LogP contribution is 2.29. The predicted molar refractivity (Wildman–Crippen MR) is 92.3 cm³/mol. The monoisotopic (exact) mass is 341 g/mol. The number of hydrogen-bond acceptors (Lipinski definition) is 2. The minimum absolute atomic E-state index is 0.0348. The molecule has 136 valence electrons. The minimum atomic E-state index is -3.00. The number of ether oxygens (including phenoxy) is 1. The zero-order valence-corrected chi connectivity index (χ0v) is 15.2. The summed E-state index contributed by atoms with van der Waals surface area (Å²) in [6.07, 6.45) is -0.656. The largest absolute Gasteiger partial charge is 0.444 e. The van der Waals surface area contributed by atoms with Crippen LogP contribution in [0.2, 0.25) is 0 Å². The number of nitrogens with one attached hydrogen (secondary N) is 1. The number of alkyl halides is 2. The number of carbonyl (C=O) groups excluding carboxylic acids is 1. The first-order valence-corrected chi connectivity index (χ1v) is 8.41. The second kappa shape index (κ2) is 8.45. The number of alkyl carbamates (subject to hydrolysis) is 1. The molecule has 0 saturated heterocycles. The zero-order chi connectivity index (χ0) is 18.4. The molecule has 24 heavy (non-hydrogen) atoms. The van der Waals surface area contributed by atoms with Crippen molar-refractivity contribution in [3.05, 3.63) is 35.9 Å². The molecule has 3 nitrogen and oxygen atoms in total. The standard InChI is InChI=1S/C19H29F2NO2/c1-14(2)13-16(22-17(23)24-18(3,4)5)19(20,21)12-11-15-9-7-6-8-10-15/h6-10,14,16H,11-13H2,1-5H3,(H,22,23)/t16-/m0/s1. The summed E-state index contributed by atoms with van der Waals surface area (Å²) in [4.78, 5) is 11.9. The molecule has 0 aliphatic carbocycles. The number of aryl methyl sites for hydroxylation is 1. The van der Waals surface area contributed by atoms with Crippen LogP contribution in [0.15, 0.2) is 30.3 Å². The molecule has 0 saturated carbocycles. The van der Waals surface area contributed by atoms with Crippen LogP contribution in [0, 0.1) is 5.92 Å². The second-order valence-corrected chi connectivity index (χ2v) is 7.57. The van der Waals surface area contributed by atoms with Gasteiger partial charge in [-0.2, -0.15) is 0 Å². The number of halogens is 2. The zero-order valence-electron chi connectivity index (χ0n) is 15.2. The maximum absolute atomic E-state index is 14.7. The van der Waals surface area contributed by atoms with Crippen molar-refractivity contribution >= 4 is 6.09 Å². The molecule has 0 spiro atoms. The van der Waals surface area contributed by atoms with Gasteiger partial charge in [0.2, 0.25) is 0 Å². The minimum Gasteiger partial charge on any atom is -0.444 e. The number of rotatable bonds is 7. The molecule has 1 N–H and O–H groups in total. The van der Waals surface area contributed by atoms with Gasteiger partial charge in [-0.15, -0.1) is 0 Å². The summed E-state index contributed by atoms with van der Waals surface area (Å²) in [6, 6.07) is 7.93. The summed E-state index contributed by atoms with van der Waals surface area (Å²) in [5, 5.41) is 2.37. The molecule has 0 aromatic heterocycles. The molecule has 1 atom stereocenters. The van der Waals surface area contributed by atoms with E-state index in [-0.39, 0.29) is 25.2 Å². The quantitative estimate of drug-likeness (QED) is 0.741. The Morgan fingerprint density at radius 1 is 1.17 bits per heavy atom. The fourth-order valence-corrected chi connectivity index (χ4v) is 2.39. The maximum atomic E-state index is 14.7. The first-order valence-electron chi connectivity index (χ1n) is 8.41. The maximum Gasteiger partial charge on any atom is 0.408 e. The summed E-state index contributed by atoms with van der Waals surface area (Å²) in [7, 11) is 0. The van der Waals surface area contributed by atoms with Crippen molar-refractivity contribution in [2.75, 3.05) is 0 Å². The van der Waals surface area contributed by atoms with Gasteiger partial charge < -0.3 is 10.1 Å². The van der Waals surface area contributed by atoms with E-state index in [0.717, 1.165) is 5.56 Å². The van der Waals surface area contributed by atoms with E-state index in [1.165, 1.54) is 0 Å². The van der Waals surface area contributed by atoms with E-state index < -0.39 is 23.7 Å². The fraction of sp³-hybridized carbons (Fsp3) is 0.632. The Balaban J connectivity index is 2.74. The molecule has 0 aliphatic rings. The van der Waals surface area contributed by atoms with Crippen LogP contribution in [0.4, 0.5) is 13.6 Å². The lowest BCUT2D eigenvalue weighted by Crippen LogP contribution is -2.50. The molecule has 1 aromatic carbocycles. The number of amides is 1. The van der Waals surface area contributed by atoms with E-state index in [1.807, 2.05) is 44.2 Å². The molecule has 0 radical (unpaired) electrons. The van der Waals surface area contributed by atoms with Crippen LogP contribution in [0.5, 0.6) is 0 Å². The highest BCUT2D eigenvalue weighted by Gasteiger charge is 2.41. The highest BCUT2D eigenvalue weighted by atomic mass is 19.3. The van der Waals surface area contributed by atoms with E-state index in [2.05, 4.69) is 5.32 Å². The highest BCUT2D eigenvalue weighted by molar-refractivity contribution is 5.68. The van der Waals surface area contributed by atoms with Crippen molar-refractivity contribution in [3.63, 3.8) is 0 Å². The van der Waals surface area contributed by atoms with Crippen LogP contribution in [0.25, 0.3) is 0 Å². The molecule has 0 fully saturated rings. The van der Waals surface area contributed by atoms with Gasteiger partial charge in [0.1, 0.15) is 5.60 Å². The molecule has 1 amide bonds. The van der Waals surface area contributed by atoms with Crippen LogP contribution in [0.1, 0.15) is 53.0 Å². The van der Waals surface area contributed by atoms with E-state index in [0.29, 0.717) is 0 Å².